The first-order valence-corrected chi connectivity index (χ1v) is 4.75. The third-order valence-corrected chi connectivity index (χ3v) is 1.95. The van der Waals surface area contributed by atoms with Crippen LogP contribution in [0.4, 0.5) is 0 Å². The van der Waals surface area contributed by atoms with Gasteiger partial charge in [0.15, 0.2) is 0 Å². The van der Waals surface area contributed by atoms with Crippen LogP contribution in [0.15, 0.2) is 4.52 Å². The van der Waals surface area contributed by atoms with Gasteiger partial charge in [-0.2, -0.15) is 4.98 Å². The summed E-state index contributed by atoms with van der Waals surface area (Å²) in [7, 11) is 0. The SMILES string of the molecule is Cc1nc(C(=O)NC(C(=O)O)C(C)C)no1. The quantitative estimate of drug-likeness (QED) is 0.762. The highest BCUT2D eigenvalue weighted by Gasteiger charge is 2.25. The van der Waals surface area contributed by atoms with Crippen LogP contribution in [0.1, 0.15) is 30.4 Å². The first-order valence-electron chi connectivity index (χ1n) is 4.75. The normalized spacial score (nSPS) is 12.5. The van der Waals surface area contributed by atoms with E-state index < -0.39 is 17.9 Å². The number of carbonyl (C=O) groups is 2. The Morgan fingerprint density at radius 3 is 2.44 bits per heavy atom. The molecule has 1 unspecified atom stereocenters. The number of amides is 1. The Morgan fingerprint density at radius 2 is 2.06 bits per heavy atom. The van der Waals surface area contributed by atoms with Crippen LogP contribution in [0.5, 0.6) is 0 Å². The van der Waals surface area contributed by atoms with Gasteiger partial charge >= 0.3 is 5.97 Å². The molecular formula is C9H13N3O4. The Morgan fingerprint density at radius 1 is 1.44 bits per heavy atom. The van der Waals surface area contributed by atoms with Gasteiger partial charge in [-0.1, -0.05) is 19.0 Å². The van der Waals surface area contributed by atoms with E-state index in [9.17, 15) is 9.59 Å². The highest BCUT2D eigenvalue weighted by Crippen LogP contribution is 2.03. The van der Waals surface area contributed by atoms with E-state index in [-0.39, 0.29) is 17.6 Å². The highest BCUT2D eigenvalue weighted by atomic mass is 16.5. The van der Waals surface area contributed by atoms with Gasteiger partial charge in [-0.15, -0.1) is 0 Å². The minimum atomic E-state index is -1.09. The third-order valence-electron chi connectivity index (χ3n) is 1.95. The molecule has 0 aliphatic heterocycles. The number of hydrogen-bond acceptors (Lipinski definition) is 5. The van der Waals surface area contributed by atoms with Crippen LogP contribution in [0.2, 0.25) is 0 Å². The van der Waals surface area contributed by atoms with Gasteiger partial charge in [-0.3, -0.25) is 4.79 Å². The number of rotatable bonds is 4. The molecule has 0 saturated heterocycles. The predicted molar refractivity (Wildman–Crippen MR) is 52.8 cm³/mol. The number of carboxylic acids is 1. The first-order chi connectivity index (χ1) is 7.41. The van der Waals surface area contributed by atoms with Crippen LogP contribution in [0.3, 0.4) is 0 Å². The van der Waals surface area contributed by atoms with Gasteiger partial charge in [0.05, 0.1) is 0 Å². The van der Waals surface area contributed by atoms with Crippen LogP contribution in [0, 0.1) is 12.8 Å². The minimum absolute atomic E-state index is 0.163. The molecule has 0 radical (unpaired) electrons. The number of aryl methyl sites for hydroxylation is 1. The Hall–Kier alpha value is -1.92. The maximum Gasteiger partial charge on any atom is 0.326 e. The molecule has 7 heteroatoms. The van der Waals surface area contributed by atoms with Crippen LogP contribution in [-0.4, -0.2) is 33.2 Å². The summed E-state index contributed by atoms with van der Waals surface area (Å²) in [5, 5.41) is 14.6. The van der Waals surface area contributed by atoms with Gasteiger partial charge in [-0.05, 0) is 5.92 Å². The molecule has 1 amide bonds. The van der Waals surface area contributed by atoms with E-state index in [1.807, 2.05) is 0 Å². The summed E-state index contributed by atoms with van der Waals surface area (Å²) >= 11 is 0. The fourth-order valence-electron chi connectivity index (χ4n) is 1.11. The molecule has 88 valence electrons. The van der Waals surface area contributed by atoms with E-state index in [1.165, 1.54) is 0 Å². The maximum atomic E-state index is 11.5. The van der Waals surface area contributed by atoms with Gasteiger partial charge in [0.1, 0.15) is 6.04 Å². The second kappa shape index (κ2) is 4.73. The summed E-state index contributed by atoms with van der Waals surface area (Å²) in [6.45, 7) is 4.93. The summed E-state index contributed by atoms with van der Waals surface area (Å²) < 4.78 is 4.62. The van der Waals surface area contributed by atoms with Gasteiger partial charge in [0.2, 0.25) is 5.89 Å². The van der Waals surface area contributed by atoms with Crippen molar-refractivity contribution in [3.05, 3.63) is 11.7 Å². The molecule has 0 aromatic carbocycles. The molecule has 7 nitrogen and oxygen atoms in total. The average Bonchev–Trinajstić information content (AvgIpc) is 2.59. The van der Waals surface area contributed by atoms with E-state index >= 15 is 0 Å². The van der Waals surface area contributed by atoms with Gasteiger partial charge in [-0.25, -0.2) is 4.79 Å². The molecule has 0 aliphatic carbocycles. The number of carboxylic acid groups (broad SMARTS) is 1. The number of hydrogen-bond donors (Lipinski definition) is 2. The van der Waals surface area contributed by atoms with Crippen LogP contribution in [0.25, 0.3) is 0 Å². The minimum Gasteiger partial charge on any atom is -0.480 e. The van der Waals surface area contributed by atoms with Crippen LogP contribution in [-0.2, 0) is 4.79 Å². The molecule has 1 heterocycles. The Kier molecular flexibility index (Phi) is 3.60. The standard InChI is InChI=1S/C9H13N3O4/c1-4(2)6(9(14)15)11-8(13)7-10-5(3)16-12-7/h4,6H,1-3H3,(H,11,13)(H,14,15). The van der Waals surface area contributed by atoms with E-state index in [2.05, 4.69) is 20.0 Å². The van der Waals surface area contributed by atoms with Crippen molar-refractivity contribution in [3.8, 4) is 0 Å². The number of carbonyl (C=O) groups excluding carboxylic acids is 1. The summed E-state index contributed by atoms with van der Waals surface area (Å²) in [4.78, 5) is 26.1. The molecule has 1 atom stereocenters. The molecule has 16 heavy (non-hydrogen) atoms. The zero-order valence-corrected chi connectivity index (χ0v) is 9.22. The average molecular weight is 227 g/mol. The van der Waals surface area contributed by atoms with Gasteiger partial charge < -0.3 is 14.9 Å². The van der Waals surface area contributed by atoms with Crippen molar-refractivity contribution in [1.29, 1.82) is 0 Å². The van der Waals surface area contributed by atoms with Gasteiger partial charge in [0.25, 0.3) is 11.7 Å². The molecule has 0 fully saturated rings. The molecule has 1 aromatic heterocycles. The van der Waals surface area contributed by atoms with Crippen molar-refractivity contribution < 1.29 is 19.2 Å². The van der Waals surface area contributed by atoms with Crippen molar-refractivity contribution in [3.63, 3.8) is 0 Å². The van der Waals surface area contributed by atoms with Crippen LogP contribution < -0.4 is 5.32 Å². The molecule has 0 bridgehead atoms. The topological polar surface area (TPSA) is 105 Å². The lowest BCUT2D eigenvalue weighted by atomic mass is 10.1. The number of aromatic nitrogens is 2. The van der Waals surface area contributed by atoms with E-state index in [0.29, 0.717) is 0 Å². The predicted octanol–water partition coefficient (Wildman–Crippen LogP) is 0.217. The maximum absolute atomic E-state index is 11.5. The molecule has 1 rings (SSSR count). The summed E-state index contributed by atoms with van der Waals surface area (Å²) in [6.07, 6.45) is 0. The lowest BCUT2D eigenvalue weighted by Gasteiger charge is -2.16. The van der Waals surface area contributed by atoms with Crippen molar-refractivity contribution >= 4 is 11.9 Å². The Bertz CT molecular complexity index is 399. The number of nitrogens with zero attached hydrogens (tertiary/aromatic N) is 2. The second-order valence-corrected chi connectivity index (χ2v) is 3.67. The fraction of sp³-hybridized carbons (Fsp3) is 0.556. The lowest BCUT2D eigenvalue weighted by molar-refractivity contribution is -0.140. The Balaban J connectivity index is 2.73. The number of nitrogens with one attached hydrogen (secondary N) is 1. The third kappa shape index (κ3) is 2.78. The molecule has 0 aliphatic rings. The summed E-state index contributed by atoms with van der Waals surface area (Å²) in [5.74, 6) is -1.89. The largest absolute Gasteiger partial charge is 0.480 e. The molecule has 2 N–H and O–H groups in total. The molecular weight excluding hydrogens is 214 g/mol. The fourth-order valence-corrected chi connectivity index (χ4v) is 1.11. The number of aliphatic carboxylic acids is 1. The second-order valence-electron chi connectivity index (χ2n) is 3.67. The van der Waals surface area contributed by atoms with Crippen molar-refractivity contribution in [2.75, 3.05) is 0 Å². The first kappa shape index (κ1) is 12.2. The highest BCUT2D eigenvalue weighted by molar-refractivity contribution is 5.93. The summed E-state index contributed by atoms with van der Waals surface area (Å²) in [6, 6.07) is -0.966. The van der Waals surface area contributed by atoms with Crippen LogP contribution >= 0.6 is 0 Å². The monoisotopic (exact) mass is 227 g/mol. The zero-order valence-electron chi connectivity index (χ0n) is 9.22. The molecule has 0 saturated carbocycles. The van der Waals surface area contributed by atoms with Gasteiger partial charge in [0, 0.05) is 6.92 Å². The van der Waals surface area contributed by atoms with E-state index in [1.54, 1.807) is 20.8 Å². The van der Waals surface area contributed by atoms with Crippen molar-refractivity contribution in [2.24, 2.45) is 5.92 Å². The van der Waals surface area contributed by atoms with E-state index in [4.69, 9.17) is 5.11 Å². The van der Waals surface area contributed by atoms with E-state index in [0.717, 1.165) is 0 Å². The summed E-state index contributed by atoms with van der Waals surface area (Å²) in [5.41, 5.74) is 0. The Labute approximate surface area is 91.8 Å². The zero-order chi connectivity index (χ0) is 12.3. The molecule has 1 aromatic rings. The van der Waals surface area contributed by atoms with Crippen molar-refractivity contribution in [2.45, 2.75) is 26.8 Å². The lowest BCUT2D eigenvalue weighted by Crippen LogP contribution is -2.44. The smallest absolute Gasteiger partial charge is 0.326 e. The molecule has 0 spiro atoms. The van der Waals surface area contributed by atoms with Crippen molar-refractivity contribution in [1.82, 2.24) is 15.5 Å².